The molecule has 0 fully saturated rings. The van der Waals surface area contributed by atoms with E-state index in [0.717, 1.165) is 4.88 Å². The number of aromatic nitrogens is 3. The second-order valence-electron chi connectivity index (χ2n) is 2.78. The Hall–Kier alpha value is -0.920. The molecule has 0 amide bonds. The molecule has 0 atom stereocenters. The van der Waals surface area contributed by atoms with E-state index in [1.807, 2.05) is 17.5 Å². The van der Waals surface area contributed by atoms with Crippen LogP contribution in [0.4, 0.5) is 0 Å². The lowest BCUT2D eigenvalue weighted by atomic mass is 10.4. The molecule has 0 aliphatic carbocycles. The first-order chi connectivity index (χ1) is 7.00. The lowest BCUT2D eigenvalue weighted by Crippen LogP contribution is -2.02. The minimum Gasteiger partial charge on any atom is -0.299 e. The van der Waals surface area contributed by atoms with Gasteiger partial charge in [0.15, 0.2) is 5.82 Å². The molecule has 0 bridgehead atoms. The number of rotatable bonds is 2. The van der Waals surface area contributed by atoms with Crippen LogP contribution in [-0.2, 0) is 16.1 Å². The second kappa shape index (κ2) is 3.58. The molecule has 15 heavy (non-hydrogen) atoms. The van der Waals surface area contributed by atoms with Crippen molar-refractivity contribution in [2.24, 2.45) is 7.05 Å². The number of nitrogens with zero attached hydrogens (tertiary/aromatic N) is 3. The average molecular weight is 264 g/mol. The van der Waals surface area contributed by atoms with Crippen LogP contribution in [0.15, 0.2) is 22.7 Å². The summed E-state index contributed by atoms with van der Waals surface area (Å²) in [6, 6.07) is 3.68. The third-order valence-corrected chi connectivity index (χ3v) is 3.87. The largest absolute Gasteiger partial charge is 0.299 e. The van der Waals surface area contributed by atoms with Crippen molar-refractivity contribution >= 4 is 31.1 Å². The number of hydrogen-bond donors (Lipinski definition) is 0. The molecule has 0 aromatic carbocycles. The van der Waals surface area contributed by atoms with Crippen LogP contribution in [-0.4, -0.2) is 23.2 Å². The van der Waals surface area contributed by atoms with Crippen LogP contribution in [0.1, 0.15) is 0 Å². The van der Waals surface area contributed by atoms with Crippen LogP contribution in [0.2, 0.25) is 0 Å². The Morgan fingerprint density at radius 3 is 2.67 bits per heavy atom. The summed E-state index contributed by atoms with van der Waals surface area (Å²) in [5.41, 5.74) is 0. The van der Waals surface area contributed by atoms with Crippen LogP contribution in [0.5, 0.6) is 0 Å². The Morgan fingerprint density at radius 2 is 2.20 bits per heavy atom. The van der Waals surface area contributed by atoms with Crippen LogP contribution < -0.4 is 0 Å². The van der Waals surface area contributed by atoms with Gasteiger partial charge in [-0.3, -0.25) is 4.57 Å². The first-order valence-electron chi connectivity index (χ1n) is 3.88. The van der Waals surface area contributed by atoms with Crippen molar-refractivity contribution in [3.63, 3.8) is 0 Å². The Labute approximate surface area is 94.8 Å². The molecular formula is C7H6ClN3O2S2. The summed E-state index contributed by atoms with van der Waals surface area (Å²) in [6.07, 6.45) is 0. The molecule has 0 aliphatic heterocycles. The molecule has 5 nitrogen and oxygen atoms in total. The van der Waals surface area contributed by atoms with Crippen LogP contribution in [0.25, 0.3) is 10.7 Å². The van der Waals surface area contributed by atoms with Gasteiger partial charge < -0.3 is 0 Å². The smallest absolute Gasteiger partial charge is 0.296 e. The van der Waals surface area contributed by atoms with Crippen LogP contribution in [0, 0.1) is 0 Å². The highest BCUT2D eigenvalue weighted by molar-refractivity contribution is 8.13. The quantitative estimate of drug-likeness (QED) is 0.770. The van der Waals surface area contributed by atoms with Crippen molar-refractivity contribution < 1.29 is 8.42 Å². The topological polar surface area (TPSA) is 64.8 Å². The van der Waals surface area contributed by atoms with E-state index in [0.29, 0.717) is 5.82 Å². The zero-order valence-corrected chi connectivity index (χ0v) is 9.97. The van der Waals surface area contributed by atoms with Crippen molar-refractivity contribution in [1.82, 2.24) is 14.8 Å². The number of halogens is 1. The third-order valence-electron chi connectivity index (χ3n) is 1.79. The van der Waals surface area contributed by atoms with Crippen molar-refractivity contribution in [1.29, 1.82) is 0 Å². The van der Waals surface area contributed by atoms with E-state index in [9.17, 15) is 8.42 Å². The van der Waals surface area contributed by atoms with E-state index in [4.69, 9.17) is 10.7 Å². The van der Waals surface area contributed by atoms with E-state index >= 15 is 0 Å². The Balaban J connectivity index is 2.60. The maximum absolute atomic E-state index is 11.1. The van der Waals surface area contributed by atoms with Gasteiger partial charge in [-0.15, -0.1) is 21.5 Å². The van der Waals surface area contributed by atoms with Gasteiger partial charge in [0.2, 0.25) is 0 Å². The summed E-state index contributed by atoms with van der Waals surface area (Å²) < 4.78 is 23.5. The fourth-order valence-electron chi connectivity index (χ4n) is 1.15. The number of hydrogen-bond acceptors (Lipinski definition) is 5. The maximum atomic E-state index is 11.1. The first kappa shape index (κ1) is 10.6. The van der Waals surface area contributed by atoms with Gasteiger partial charge in [0.05, 0.1) is 4.88 Å². The van der Waals surface area contributed by atoms with Crippen molar-refractivity contribution in [3.05, 3.63) is 17.5 Å². The third kappa shape index (κ3) is 1.90. The van der Waals surface area contributed by atoms with Gasteiger partial charge in [-0.1, -0.05) is 6.07 Å². The summed E-state index contributed by atoms with van der Waals surface area (Å²) >= 11 is 1.45. The van der Waals surface area contributed by atoms with Gasteiger partial charge >= 0.3 is 0 Å². The minimum absolute atomic E-state index is 0.243. The zero-order valence-electron chi connectivity index (χ0n) is 7.58. The highest BCUT2D eigenvalue weighted by atomic mass is 35.7. The zero-order chi connectivity index (χ0) is 11.1. The van der Waals surface area contributed by atoms with Crippen LogP contribution >= 0.6 is 22.0 Å². The molecule has 0 spiro atoms. The summed E-state index contributed by atoms with van der Waals surface area (Å²) in [6.45, 7) is 0. The molecule has 2 aromatic heterocycles. The molecule has 0 N–H and O–H groups in total. The molecule has 2 heterocycles. The molecular weight excluding hydrogens is 258 g/mol. The Morgan fingerprint density at radius 1 is 1.47 bits per heavy atom. The fraction of sp³-hybridized carbons (Fsp3) is 0.143. The lowest BCUT2D eigenvalue weighted by molar-refractivity contribution is 0.593. The molecule has 0 saturated carbocycles. The van der Waals surface area contributed by atoms with Crippen LogP contribution in [0.3, 0.4) is 0 Å². The summed E-state index contributed by atoms with van der Waals surface area (Å²) in [5.74, 6) is 0.490. The molecule has 80 valence electrons. The molecule has 0 unspecified atom stereocenters. The normalized spacial score (nSPS) is 11.9. The predicted molar refractivity (Wildman–Crippen MR) is 57.4 cm³/mol. The fourth-order valence-corrected chi connectivity index (χ4v) is 2.85. The van der Waals surface area contributed by atoms with Crippen molar-refractivity contribution in [2.75, 3.05) is 0 Å². The minimum atomic E-state index is -3.84. The highest BCUT2D eigenvalue weighted by Crippen LogP contribution is 2.24. The average Bonchev–Trinajstić information content (AvgIpc) is 2.69. The van der Waals surface area contributed by atoms with E-state index in [-0.39, 0.29) is 5.16 Å². The predicted octanol–water partition coefficient (Wildman–Crippen LogP) is 1.47. The standard InChI is InChI=1S/C7H6ClN3O2S2/c1-11-6(5-3-2-4-14-5)9-10-7(11)15(8,12)13/h2-4H,1H3. The monoisotopic (exact) mass is 263 g/mol. The highest BCUT2D eigenvalue weighted by Gasteiger charge is 2.21. The van der Waals surface area contributed by atoms with E-state index in [1.165, 1.54) is 15.9 Å². The van der Waals surface area contributed by atoms with Gasteiger partial charge in [0.25, 0.3) is 14.2 Å². The van der Waals surface area contributed by atoms with E-state index in [2.05, 4.69) is 10.2 Å². The molecule has 0 aliphatic rings. The lowest BCUT2D eigenvalue weighted by Gasteiger charge is -1.98. The number of thiophene rings is 1. The molecule has 2 aromatic rings. The summed E-state index contributed by atoms with van der Waals surface area (Å²) in [5, 5.41) is 8.96. The van der Waals surface area contributed by atoms with E-state index < -0.39 is 9.05 Å². The van der Waals surface area contributed by atoms with Gasteiger partial charge in [-0.05, 0) is 11.4 Å². The maximum Gasteiger partial charge on any atom is 0.296 e. The van der Waals surface area contributed by atoms with Gasteiger partial charge in [0.1, 0.15) is 0 Å². The Kier molecular flexibility index (Phi) is 2.53. The summed E-state index contributed by atoms with van der Waals surface area (Å²) in [4.78, 5) is 0.844. The van der Waals surface area contributed by atoms with Gasteiger partial charge in [0, 0.05) is 17.7 Å². The van der Waals surface area contributed by atoms with Gasteiger partial charge in [-0.2, -0.15) is 0 Å². The Bertz CT molecular complexity index is 573. The first-order valence-corrected chi connectivity index (χ1v) is 7.07. The van der Waals surface area contributed by atoms with E-state index in [1.54, 1.807) is 7.05 Å². The second-order valence-corrected chi connectivity index (χ2v) is 6.19. The van der Waals surface area contributed by atoms with Crippen molar-refractivity contribution in [3.8, 4) is 10.7 Å². The molecule has 0 radical (unpaired) electrons. The molecule has 8 heteroatoms. The van der Waals surface area contributed by atoms with Gasteiger partial charge in [-0.25, -0.2) is 8.42 Å². The SMILES string of the molecule is Cn1c(-c2cccs2)nnc1S(=O)(=O)Cl. The van der Waals surface area contributed by atoms with Crippen molar-refractivity contribution in [2.45, 2.75) is 5.16 Å². The molecule has 0 saturated heterocycles. The summed E-state index contributed by atoms with van der Waals surface area (Å²) in [7, 11) is 2.91. The molecule has 2 rings (SSSR count).